The number of para-hydroxylation sites is 1. The number of Topliss-reactive ketones (excluding diaryl/α,β-unsaturated/α-hetero) is 1. The third-order valence-electron chi connectivity index (χ3n) is 6.02. The first-order valence-corrected chi connectivity index (χ1v) is 12.1. The number of carbonyl (C=O) groups excluding carboxylic acids is 1. The summed E-state index contributed by atoms with van der Waals surface area (Å²) in [4.78, 5) is 15.2. The number of nitrogens with zero attached hydrogens (tertiary/aromatic N) is 4. The zero-order chi connectivity index (χ0) is 21.6. The molecule has 1 unspecified atom stereocenters. The number of likely N-dealkylation sites (tertiary alicyclic amines) is 1. The number of hydrogen-bond donors (Lipinski definition) is 0. The van der Waals surface area contributed by atoms with Crippen molar-refractivity contribution in [3.8, 4) is 5.69 Å². The Kier molecular flexibility index (Phi) is 7.20. The molecule has 1 aromatic heterocycles. The molecule has 1 atom stereocenters. The Morgan fingerprint density at radius 2 is 1.74 bits per heavy atom. The van der Waals surface area contributed by atoms with Gasteiger partial charge < -0.3 is 0 Å². The predicted octanol–water partition coefficient (Wildman–Crippen LogP) is 5.35. The van der Waals surface area contributed by atoms with Crippen LogP contribution in [0.15, 0.2) is 59.8 Å². The smallest absolute Gasteiger partial charge is 0.196 e. The molecule has 0 saturated carbocycles. The zero-order valence-electron chi connectivity index (χ0n) is 18.3. The molecule has 6 heteroatoms. The van der Waals surface area contributed by atoms with Crippen molar-refractivity contribution in [1.29, 1.82) is 0 Å². The second-order valence-corrected chi connectivity index (χ2v) is 9.14. The summed E-state index contributed by atoms with van der Waals surface area (Å²) in [7, 11) is 0. The largest absolute Gasteiger partial charge is 0.296 e. The van der Waals surface area contributed by atoms with Gasteiger partial charge in [-0.15, -0.1) is 10.2 Å². The van der Waals surface area contributed by atoms with E-state index in [1.54, 1.807) is 0 Å². The summed E-state index contributed by atoms with van der Waals surface area (Å²) in [6.07, 6.45) is 3.58. The monoisotopic (exact) mass is 434 g/mol. The number of ketones is 1. The van der Waals surface area contributed by atoms with E-state index in [9.17, 15) is 4.79 Å². The minimum atomic E-state index is 0.115. The lowest BCUT2D eigenvalue weighted by molar-refractivity contribution is 0.102. The molecule has 0 radical (unpaired) electrons. The van der Waals surface area contributed by atoms with Gasteiger partial charge in [0.05, 0.1) is 12.3 Å². The molecule has 0 amide bonds. The van der Waals surface area contributed by atoms with E-state index < -0.39 is 0 Å². The number of thioether (sulfide) groups is 1. The van der Waals surface area contributed by atoms with E-state index in [2.05, 4.69) is 57.8 Å². The summed E-state index contributed by atoms with van der Waals surface area (Å²) in [5, 5.41) is 9.70. The van der Waals surface area contributed by atoms with E-state index >= 15 is 0 Å². The Hall–Kier alpha value is -2.44. The minimum absolute atomic E-state index is 0.115. The van der Waals surface area contributed by atoms with Crippen LogP contribution in [0.1, 0.15) is 60.8 Å². The van der Waals surface area contributed by atoms with Gasteiger partial charge in [0.15, 0.2) is 16.8 Å². The van der Waals surface area contributed by atoms with Crippen LogP contribution >= 0.6 is 11.8 Å². The molecule has 31 heavy (non-hydrogen) atoms. The number of aromatic nitrogens is 3. The molecule has 5 nitrogen and oxygen atoms in total. The van der Waals surface area contributed by atoms with Crippen LogP contribution in [0, 0.1) is 0 Å². The van der Waals surface area contributed by atoms with Crippen LogP contribution in [0.2, 0.25) is 0 Å². The van der Waals surface area contributed by atoms with Gasteiger partial charge in [0, 0.05) is 11.3 Å². The van der Waals surface area contributed by atoms with E-state index in [4.69, 9.17) is 0 Å². The second kappa shape index (κ2) is 10.2. The van der Waals surface area contributed by atoms with Gasteiger partial charge in [0.25, 0.3) is 0 Å². The van der Waals surface area contributed by atoms with Crippen LogP contribution < -0.4 is 0 Å². The number of benzene rings is 2. The van der Waals surface area contributed by atoms with E-state index in [0.29, 0.717) is 11.7 Å². The van der Waals surface area contributed by atoms with Crippen LogP contribution in [0.25, 0.3) is 5.69 Å². The first-order chi connectivity index (χ1) is 15.2. The molecular weight excluding hydrogens is 404 g/mol. The lowest BCUT2D eigenvalue weighted by atomic mass is 9.97. The molecule has 1 aliphatic heterocycles. The number of carbonyl (C=O) groups is 1. The first kappa shape index (κ1) is 21.8. The third-order valence-corrected chi connectivity index (χ3v) is 6.95. The second-order valence-electron chi connectivity index (χ2n) is 8.20. The Labute approximate surface area is 188 Å². The summed E-state index contributed by atoms with van der Waals surface area (Å²) >= 11 is 1.46. The molecule has 4 rings (SSSR count). The summed E-state index contributed by atoms with van der Waals surface area (Å²) in [6.45, 7) is 7.39. The van der Waals surface area contributed by atoms with Gasteiger partial charge >= 0.3 is 0 Å². The molecule has 1 aliphatic rings. The fourth-order valence-corrected chi connectivity index (χ4v) is 4.79. The van der Waals surface area contributed by atoms with Gasteiger partial charge in [-0.2, -0.15) is 0 Å². The molecule has 0 aliphatic carbocycles. The highest BCUT2D eigenvalue weighted by Crippen LogP contribution is 2.25. The summed E-state index contributed by atoms with van der Waals surface area (Å²) in [5.41, 5.74) is 3.07. The lowest BCUT2D eigenvalue weighted by Gasteiger charge is -2.16. The molecule has 1 fully saturated rings. The van der Waals surface area contributed by atoms with Crippen molar-refractivity contribution in [1.82, 2.24) is 19.7 Å². The fraction of sp³-hybridized carbons (Fsp3) is 0.400. The molecule has 0 bridgehead atoms. The predicted molar refractivity (Wildman–Crippen MR) is 126 cm³/mol. The molecule has 0 N–H and O–H groups in total. The fourth-order valence-electron chi connectivity index (χ4n) is 3.92. The molecule has 0 spiro atoms. The lowest BCUT2D eigenvalue weighted by Crippen LogP contribution is -2.21. The minimum Gasteiger partial charge on any atom is -0.296 e. The van der Waals surface area contributed by atoms with E-state index in [1.807, 2.05) is 30.3 Å². The Morgan fingerprint density at radius 1 is 1.03 bits per heavy atom. The third kappa shape index (κ3) is 5.25. The van der Waals surface area contributed by atoms with Crippen LogP contribution in [-0.2, 0) is 6.54 Å². The van der Waals surface area contributed by atoms with Gasteiger partial charge in [-0.3, -0.25) is 14.3 Å². The molecular formula is C25H30N4OS. The summed E-state index contributed by atoms with van der Waals surface area (Å²) in [6, 6.07) is 18.2. The average Bonchev–Trinajstić information content (AvgIpc) is 3.48. The highest BCUT2D eigenvalue weighted by Gasteiger charge is 2.20. The maximum absolute atomic E-state index is 12.8. The van der Waals surface area contributed by atoms with Crippen molar-refractivity contribution in [3.63, 3.8) is 0 Å². The molecule has 1 saturated heterocycles. The van der Waals surface area contributed by atoms with Crippen LogP contribution in [0.4, 0.5) is 0 Å². The molecule has 162 valence electrons. The topological polar surface area (TPSA) is 51.0 Å². The average molecular weight is 435 g/mol. The Balaban J connectivity index is 1.50. The highest BCUT2D eigenvalue weighted by molar-refractivity contribution is 7.99. The SMILES string of the molecule is CCC(C)c1ccc(C(=O)CSc2nnc(CN3CCCC3)n2-c2ccccc2)cc1. The summed E-state index contributed by atoms with van der Waals surface area (Å²) in [5.74, 6) is 1.90. The number of rotatable bonds is 9. The molecule has 2 heterocycles. The maximum Gasteiger partial charge on any atom is 0.196 e. The van der Waals surface area contributed by atoms with Gasteiger partial charge in [-0.05, 0) is 56.0 Å². The first-order valence-electron chi connectivity index (χ1n) is 11.1. The molecule has 2 aromatic carbocycles. The quantitative estimate of drug-likeness (QED) is 0.336. The summed E-state index contributed by atoms with van der Waals surface area (Å²) < 4.78 is 2.10. The van der Waals surface area contributed by atoms with Crippen LogP contribution in [-0.4, -0.2) is 44.3 Å². The van der Waals surface area contributed by atoms with Crippen molar-refractivity contribution >= 4 is 17.5 Å². The van der Waals surface area contributed by atoms with Crippen molar-refractivity contribution in [2.24, 2.45) is 0 Å². The van der Waals surface area contributed by atoms with E-state index in [0.717, 1.165) is 48.3 Å². The Bertz CT molecular complexity index is 994. The van der Waals surface area contributed by atoms with Gasteiger partial charge in [0.2, 0.25) is 0 Å². The maximum atomic E-state index is 12.8. The van der Waals surface area contributed by atoms with E-state index in [1.165, 1.54) is 30.2 Å². The van der Waals surface area contributed by atoms with Crippen molar-refractivity contribution in [2.75, 3.05) is 18.8 Å². The standard InChI is InChI=1S/C25H30N4OS/c1-3-19(2)20-11-13-21(14-12-20)23(30)18-31-25-27-26-24(17-28-15-7-8-16-28)29(25)22-9-5-4-6-10-22/h4-6,9-14,19H,3,7-8,15-18H2,1-2H3. The van der Waals surface area contributed by atoms with Crippen molar-refractivity contribution in [3.05, 3.63) is 71.5 Å². The number of hydrogen-bond acceptors (Lipinski definition) is 5. The molecule has 3 aromatic rings. The zero-order valence-corrected chi connectivity index (χ0v) is 19.1. The highest BCUT2D eigenvalue weighted by atomic mass is 32.2. The van der Waals surface area contributed by atoms with Gasteiger partial charge in [0.1, 0.15) is 0 Å². The van der Waals surface area contributed by atoms with E-state index in [-0.39, 0.29) is 5.78 Å². The van der Waals surface area contributed by atoms with Crippen molar-refractivity contribution < 1.29 is 4.79 Å². The Morgan fingerprint density at radius 3 is 2.42 bits per heavy atom. The van der Waals surface area contributed by atoms with Gasteiger partial charge in [-0.1, -0.05) is 68.1 Å². The van der Waals surface area contributed by atoms with Crippen LogP contribution in [0.5, 0.6) is 0 Å². The van der Waals surface area contributed by atoms with Crippen LogP contribution in [0.3, 0.4) is 0 Å². The van der Waals surface area contributed by atoms with Gasteiger partial charge in [-0.25, -0.2) is 0 Å². The normalized spacial score (nSPS) is 15.3. The van der Waals surface area contributed by atoms with Crippen molar-refractivity contribution in [2.45, 2.75) is 50.7 Å².